The number of nitrogens with zero attached hydrogens (tertiary/aromatic N) is 2. The fourth-order valence-electron chi connectivity index (χ4n) is 2.00. The summed E-state index contributed by atoms with van der Waals surface area (Å²) in [6.45, 7) is 7.56. The first-order valence-corrected chi connectivity index (χ1v) is 8.58. The summed E-state index contributed by atoms with van der Waals surface area (Å²) >= 11 is 1.48. The first kappa shape index (κ1) is 16.4. The molecule has 110 valence electrons. The van der Waals surface area contributed by atoms with E-state index in [1.807, 2.05) is 0 Å². The molecule has 4 heteroatoms. The highest BCUT2D eigenvalue weighted by Gasteiger charge is 2.06. The SMILES string of the molecule is CCCCCCCCCCNc1nc(C(C)C)ns1. The molecule has 0 spiro atoms. The molecule has 0 bridgehead atoms. The monoisotopic (exact) mass is 283 g/mol. The van der Waals surface area contributed by atoms with Gasteiger partial charge in [0.1, 0.15) is 5.82 Å². The lowest BCUT2D eigenvalue weighted by molar-refractivity contribution is 0.581. The maximum absolute atomic E-state index is 4.47. The second-order valence-corrected chi connectivity index (χ2v) is 6.27. The van der Waals surface area contributed by atoms with Crippen LogP contribution in [-0.4, -0.2) is 15.9 Å². The van der Waals surface area contributed by atoms with Crippen molar-refractivity contribution in [1.29, 1.82) is 0 Å². The molecule has 0 aliphatic carbocycles. The van der Waals surface area contributed by atoms with Crippen molar-refractivity contribution >= 4 is 16.7 Å². The van der Waals surface area contributed by atoms with Gasteiger partial charge >= 0.3 is 0 Å². The summed E-state index contributed by atoms with van der Waals surface area (Å²) in [6.07, 6.45) is 10.9. The van der Waals surface area contributed by atoms with E-state index in [0.717, 1.165) is 17.5 Å². The van der Waals surface area contributed by atoms with Crippen molar-refractivity contribution in [3.05, 3.63) is 5.82 Å². The van der Waals surface area contributed by atoms with Crippen LogP contribution in [0.1, 0.15) is 83.9 Å². The van der Waals surface area contributed by atoms with Crippen molar-refractivity contribution in [2.45, 2.75) is 78.1 Å². The van der Waals surface area contributed by atoms with Gasteiger partial charge in [-0.2, -0.15) is 4.37 Å². The maximum Gasteiger partial charge on any atom is 0.202 e. The Balaban J connectivity index is 1.95. The second-order valence-electron chi connectivity index (χ2n) is 5.51. The molecule has 0 amide bonds. The molecule has 0 saturated carbocycles. The Labute approximate surface area is 122 Å². The minimum Gasteiger partial charge on any atom is -0.360 e. The molecule has 0 aliphatic heterocycles. The highest BCUT2D eigenvalue weighted by molar-refractivity contribution is 7.09. The minimum atomic E-state index is 0.426. The lowest BCUT2D eigenvalue weighted by Crippen LogP contribution is -2.01. The summed E-state index contributed by atoms with van der Waals surface area (Å²) in [5, 5.41) is 4.35. The number of unbranched alkanes of at least 4 members (excludes halogenated alkanes) is 7. The molecule has 1 N–H and O–H groups in total. The summed E-state index contributed by atoms with van der Waals surface area (Å²) in [5.41, 5.74) is 0. The van der Waals surface area contributed by atoms with Gasteiger partial charge in [0.05, 0.1) is 0 Å². The molecule has 0 fully saturated rings. The molecule has 1 heterocycles. The van der Waals surface area contributed by atoms with Crippen LogP contribution in [0.5, 0.6) is 0 Å². The van der Waals surface area contributed by atoms with Gasteiger partial charge in [-0.3, -0.25) is 0 Å². The Hall–Kier alpha value is -0.640. The molecule has 1 aromatic heterocycles. The van der Waals surface area contributed by atoms with Crippen molar-refractivity contribution in [1.82, 2.24) is 9.36 Å². The van der Waals surface area contributed by atoms with Crippen molar-refractivity contribution < 1.29 is 0 Å². The van der Waals surface area contributed by atoms with Gasteiger partial charge in [0.2, 0.25) is 5.13 Å². The van der Waals surface area contributed by atoms with Gasteiger partial charge in [0, 0.05) is 24.0 Å². The zero-order valence-corrected chi connectivity index (χ0v) is 13.6. The summed E-state index contributed by atoms with van der Waals surface area (Å²) < 4.78 is 4.34. The van der Waals surface area contributed by atoms with E-state index < -0.39 is 0 Å². The molecular weight excluding hydrogens is 254 g/mol. The van der Waals surface area contributed by atoms with E-state index >= 15 is 0 Å². The van der Waals surface area contributed by atoms with Crippen molar-refractivity contribution in [3.63, 3.8) is 0 Å². The van der Waals surface area contributed by atoms with Crippen LogP contribution in [0, 0.1) is 0 Å². The summed E-state index contributed by atoms with van der Waals surface area (Å²) in [6, 6.07) is 0. The molecular formula is C15H29N3S. The predicted molar refractivity (Wildman–Crippen MR) is 85.1 cm³/mol. The van der Waals surface area contributed by atoms with Crippen LogP contribution in [0.25, 0.3) is 0 Å². The van der Waals surface area contributed by atoms with Crippen molar-refractivity contribution in [2.24, 2.45) is 0 Å². The van der Waals surface area contributed by atoms with Gasteiger partial charge in [-0.15, -0.1) is 0 Å². The molecule has 19 heavy (non-hydrogen) atoms. The zero-order valence-electron chi connectivity index (χ0n) is 12.7. The fourth-order valence-corrected chi connectivity index (χ4v) is 2.73. The largest absolute Gasteiger partial charge is 0.360 e. The number of hydrogen-bond donors (Lipinski definition) is 1. The standard InChI is InChI=1S/C15H29N3S/c1-4-5-6-7-8-9-10-11-12-16-15-17-14(13(2)3)18-19-15/h13H,4-12H2,1-3H3,(H,16,17,18). The molecule has 0 unspecified atom stereocenters. The Morgan fingerprint density at radius 3 is 2.21 bits per heavy atom. The zero-order chi connectivity index (χ0) is 13.9. The van der Waals surface area contributed by atoms with Crippen LogP contribution < -0.4 is 5.32 Å². The number of anilines is 1. The smallest absolute Gasteiger partial charge is 0.202 e. The fraction of sp³-hybridized carbons (Fsp3) is 0.867. The first-order chi connectivity index (χ1) is 9.24. The van der Waals surface area contributed by atoms with E-state index in [2.05, 4.69) is 35.4 Å². The molecule has 0 radical (unpaired) electrons. The Morgan fingerprint density at radius 1 is 1.00 bits per heavy atom. The molecule has 1 aromatic rings. The van der Waals surface area contributed by atoms with E-state index in [4.69, 9.17) is 0 Å². The molecule has 1 rings (SSSR count). The third-order valence-corrected chi connectivity index (χ3v) is 3.95. The number of nitrogens with one attached hydrogen (secondary N) is 1. The number of hydrogen-bond acceptors (Lipinski definition) is 4. The van der Waals surface area contributed by atoms with E-state index in [1.54, 1.807) is 0 Å². The van der Waals surface area contributed by atoms with E-state index in [0.29, 0.717) is 5.92 Å². The summed E-state index contributed by atoms with van der Waals surface area (Å²) in [5.74, 6) is 1.39. The molecule has 0 aromatic carbocycles. The van der Waals surface area contributed by atoms with Gasteiger partial charge in [-0.25, -0.2) is 4.98 Å². The van der Waals surface area contributed by atoms with Gasteiger partial charge in [0.15, 0.2) is 0 Å². The van der Waals surface area contributed by atoms with Crippen molar-refractivity contribution in [2.75, 3.05) is 11.9 Å². The van der Waals surface area contributed by atoms with Gasteiger partial charge in [-0.1, -0.05) is 65.7 Å². The van der Waals surface area contributed by atoms with Crippen LogP contribution in [-0.2, 0) is 0 Å². The summed E-state index contributed by atoms with van der Waals surface area (Å²) in [7, 11) is 0. The van der Waals surface area contributed by atoms with E-state index in [9.17, 15) is 0 Å². The minimum absolute atomic E-state index is 0.426. The van der Waals surface area contributed by atoms with E-state index in [1.165, 1.54) is 62.9 Å². The average molecular weight is 283 g/mol. The average Bonchev–Trinajstić information content (AvgIpc) is 2.86. The van der Waals surface area contributed by atoms with Gasteiger partial charge < -0.3 is 5.32 Å². The Bertz CT molecular complexity index is 323. The normalized spacial score (nSPS) is 11.2. The first-order valence-electron chi connectivity index (χ1n) is 7.81. The third kappa shape index (κ3) is 7.51. The second kappa shape index (κ2) is 10.2. The number of aromatic nitrogens is 2. The molecule has 0 saturated heterocycles. The quantitative estimate of drug-likeness (QED) is 0.566. The van der Waals surface area contributed by atoms with Crippen LogP contribution in [0.4, 0.5) is 5.13 Å². The maximum atomic E-state index is 4.47. The summed E-state index contributed by atoms with van der Waals surface area (Å²) in [4.78, 5) is 4.47. The third-order valence-electron chi connectivity index (χ3n) is 3.26. The molecule has 3 nitrogen and oxygen atoms in total. The highest BCUT2D eigenvalue weighted by Crippen LogP contribution is 2.17. The Kier molecular flexibility index (Phi) is 8.80. The topological polar surface area (TPSA) is 37.8 Å². The van der Waals surface area contributed by atoms with Crippen LogP contribution in [0.15, 0.2) is 0 Å². The van der Waals surface area contributed by atoms with Crippen LogP contribution in [0.3, 0.4) is 0 Å². The lowest BCUT2D eigenvalue weighted by Gasteiger charge is -2.03. The predicted octanol–water partition coefficient (Wildman–Crippen LogP) is 5.21. The van der Waals surface area contributed by atoms with Crippen LogP contribution >= 0.6 is 11.5 Å². The highest BCUT2D eigenvalue weighted by atomic mass is 32.1. The molecule has 0 atom stereocenters. The number of rotatable bonds is 11. The Morgan fingerprint density at radius 2 is 1.63 bits per heavy atom. The lowest BCUT2D eigenvalue weighted by atomic mass is 10.1. The van der Waals surface area contributed by atoms with Crippen molar-refractivity contribution in [3.8, 4) is 0 Å². The molecule has 0 aliphatic rings. The van der Waals surface area contributed by atoms with E-state index in [-0.39, 0.29) is 0 Å². The van der Waals surface area contributed by atoms with Gasteiger partial charge in [-0.05, 0) is 6.42 Å². The van der Waals surface area contributed by atoms with Crippen LogP contribution in [0.2, 0.25) is 0 Å². The van der Waals surface area contributed by atoms with Gasteiger partial charge in [0.25, 0.3) is 0 Å².